The van der Waals surface area contributed by atoms with E-state index < -0.39 is 0 Å². The van der Waals surface area contributed by atoms with Crippen molar-refractivity contribution in [2.24, 2.45) is 0 Å². The number of anilines is 1. The maximum Gasteiger partial charge on any atom is 0.173 e. The standard InChI is InChI=1S/C21H25Cl2N7O/c1-21(2,3)30-20(25-26-27-30)18(14-5-4-6-15(31)11-14)28-7-9-29(10-8-28)19-16(22)12-24-13-17(19)23/h4-6,11-13,18,31H,7-10H2,1-3H3. The lowest BCUT2D eigenvalue weighted by atomic mass is 10.0. The van der Waals surface area contributed by atoms with E-state index in [-0.39, 0.29) is 17.3 Å². The van der Waals surface area contributed by atoms with E-state index in [1.54, 1.807) is 24.5 Å². The molecule has 3 aromatic rings. The average Bonchev–Trinajstić information content (AvgIpc) is 3.19. The number of phenolic OH excluding ortho intramolecular Hbond substituents is 1. The van der Waals surface area contributed by atoms with Crippen LogP contribution in [0.5, 0.6) is 5.75 Å². The van der Waals surface area contributed by atoms with E-state index in [2.05, 4.69) is 51.1 Å². The van der Waals surface area contributed by atoms with Gasteiger partial charge < -0.3 is 10.0 Å². The first-order valence-corrected chi connectivity index (χ1v) is 10.9. The third-order valence-electron chi connectivity index (χ3n) is 5.38. The number of hydrogen-bond donors (Lipinski definition) is 1. The molecule has 1 aliphatic rings. The summed E-state index contributed by atoms with van der Waals surface area (Å²) in [5, 5.41) is 23.8. The van der Waals surface area contributed by atoms with Crippen LogP contribution in [0.2, 0.25) is 10.0 Å². The van der Waals surface area contributed by atoms with Gasteiger partial charge in [-0.2, -0.15) is 0 Å². The van der Waals surface area contributed by atoms with Gasteiger partial charge in [0.05, 0.1) is 27.3 Å². The summed E-state index contributed by atoms with van der Waals surface area (Å²) in [5.74, 6) is 0.956. The van der Waals surface area contributed by atoms with E-state index in [0.717, 1.165) is 43.3 Å². The minimum Gasteiger partial charge on any atom is -0.508 e. The molecule has 4 rings (SSSR count). The van der Waals surface area contributed by atoms with Crippen molar-refractivity contribution < 1.29 is 5.11 Å². The Hall–Kier alpha value is -2.42. The Morgan fingerprint density at radius 1 is 1.03 bits per heavy atom. The molecular weight excluding hydrogens is 437 g/mol. The second-order valence-electron chi connectivity index (χ2n) is 8.59. The fourth-order valence-corrected chi connectivity index (χ4v) is 4.57. The van der Waals surface area contributed by atoms with Gasteiger partial charge in [-0.15, -0.1) is 5.10 Å². The largest absolute Gasteiger partial charge is 0.508 e. The summed E-state index contributed by atoms with van der Waals surface area (Å²) >= 11 is 12.7. The third-order valence-corrected chi connectivity index (χ3v) is 5.94. The Bertz CT molecular complexity index is 1040. The number of aromatic nitrogens is 5. The van der Waals surface area contributed by atoms with E-state index >= 15 is 0 Å². The number of pyridine rings is 1. The molecule has 1 unspecified atom stereocenters. The van der Waals surface area contributed by atoms with Crippen LogP contribution < -0.4 is 4.90 Å². The van der Waals surface area contributed by atoms with Gasteiger partial charge in [0.2, 0.25) is 0 Å². The molecule has 2 aromatic heterocycles. The zero-order valence-electron chi connectivity index (χ0n) is 17.7. The highest BCUT2D eigenvalue weighted by Crippen LogP contribution is 2.36. The van der Waals surface area contributed by atoms with E-state index in [1.165, 1.54) is 0 Å². The van der Waals surface area contributed by atoms with Crippen LogP contribution in [-0.4, -0.2) is 61.4 Å². The lowest BCUT2D eigenvalue weighted by molar-refractivity contribution is 0.191. The Morgan fingerprint density at radius 2 is 1.71 bits per heavy atom. The molecule has 31 heavy (non-hydrogen) atoms. The van der Waals surface area contributed by atoms with Gasteiger partial charge in [0, 0.05) is 38.6 Å². The van der Waals surface area contributed by atoms with Gasteiger partial charge in [-0.25, -0.2) is 4.68 Å². The van der Waals surface area contributed by atoms with Gasteiger partial charge in [-0.3, -0.25) is 9.88 Å². The van der Waals surface area contributed by atoms with Gasteiger partial charge in [-0.1, -0.05) is 35.3 Å². The van der Waals surface area contributed by atoms with E-state index in [9.17, 15) is 5.11 Å². The van der Waals surface area contributed by atoms with Crippen LogP contribution in [0.3, 0.4) is 0 Å². The van der Waals surface area contributed by atoms with Crippen LogP contribution in [-0.2, 0) is 5.54 Å². The fourth-order valence-electron chi connectivity index (χ4n) is 3.97. The zero-order valence-corrected chi connectivity index (χ0v) is 19.2. The number of phenols is 1. The van der Waals surface area contributed by atoms with E-state index in [0.29, 0.717) is 10.0 Å². The predicted molar refractivity (Wildman–Crippen MR) is 121 cm³/mol. The second kappa shape index (κ2) is 8.61. The van der Waals surface area contributed by atoms with Crippen molar-refractivity contribution in [3.8, 4) is 5.75 Å². The summed E-state index contributed by atoms with van der Waals surface area (Å²) in [6.45, 7) is 9.15. The summed E-state index contributed by atoms with van der Waals surface area (Å²) in [4.78, 5) is 8.54. The Labute approximate surface area is 191 Å². The minimum atomic E-state index is -0.284. The number of hydrogen-bond acceptors (Lipinski definition) is 7. The average molecular weight is 462 g/mol. The van der Waals surface area contributed by atoms with Crippen molar-refractivity contribution in [3.63, 3.8) is 0 Å². The molecule has 0 aliphatic carbocycles. The van der Waals surface area contributed by atoms with Crippen molar-refractivity contribution in [1.29, 1.82) is 0 Å². The van der Waals surface area contributed by atoms with Crippen LogP contribution in [0.25, 0.3) is 0 Å². The predicted octanol–water partition coefficient (Wildman–Crippen LogP) is 3.75. The quantitative estimate of drug-likeness (QED) is 0.633. The third kappa shape index (κ3) is 4.46. The first-order valence-electron chi connectivity index (χ1n) is 10.1. The highest BCUT2D eigenvalue weighted by molar-refractivity contribution is 6.38. The number of nitrogens with zero attached hydrogens (tertiary/aromatic N) is 7. The number of tetrazole rings is 1. The first-order chi connectivity index (χ1) is 14.8. The number of aromatic hydroxyl groups is 1. The summed E-state index contributed by atoms with van der Waals surface area (Å²) < 4.78 is 1.85. The molecule has 3 heterocycles. The Balaban J connectivity index is 1.66. The molecule has 1 N–H and O–H groups in total. The lowest BCUT2D eigenvalue weighted by Crippen LogP contribution is -2.49. The monoisotopic (exact) mass is 461 g/mol. The molecular formula is C21H25Cl2N7O. The second-order valence-corrected chi connectivity index (χ2v) is 9.41. The molecule has 164 valence electrons. The minimum absolute atomic E-state index is 0.202. The van der Waals surface area contributed by atoms with Gasteiger partial charge in [0.1, 0.15) is 5.75 Å². The van der Waals surface area contributed by atoms with E-state index in [4.69, 9.17) is 23.2 Å². The smallest absolute Gasteiger partial charge is 0.173 e. The molecule has 1 aliphatic heterocycles. The van der Waals surface area contributed by atoms with Gasteiger partial charge in [0.15, 0.2) is 5.82 Å². The fraction of sp³-hybridized carbons (Fsp3) is 0.429. The number of piperazine rings is 1. The molecule has 10 heteroatoms. The summed E-state index contributed by atoms with van der Waals surface area (Å²) in [7, 11) is 0. The van der Waals surface area contributed by atoms with Crippen molar-refractivity contribution in [1.82, 2.24) is 30.1 Å². The molecule has 8 nitrogen and oxygen atoms in total. The van der Waals surface area contributed by atoms with Crippen molar-refractivity contribution in [2.45, 2.75) is 32.4 Å². The Kier molecular flexibility index (Phi) is 6.05. The van der Waals surface area contributed by atoms with Crippen LogP contribution in [0.15, 0.2) is 36.7 Å². The number of benzene rings is 1. The number of halogens is 2. The van der Waals surface area contributed by atoms with Crippen LogP contribution in [0.4, 0.5) is 5.69 Å². The summed E-state index contributed by atoms with van der Waals surface area (Å²) in [6.07, 6.45) is 3.23. The zero-order chi connectivity index (χ0) is 22.2. The van der Waals surface area contributed by atoms with Crippen LogP contribution in [0, 0.1) is 0 Å². The highest BCUT2D eigenvalue weighted by atomic mass is 35.5. The van der Waals surface area contributed by atoms with Gasteiger partial charge in [0.25, 0.3) is 0 Å². The molecule has 1 aromatic carbocycles. The van der Waals surface area contributed by atoms with E-state index in [1.807, 2.05) is 16.8 Å². The molecule has 0 spiro atoms. The van der Waals surface area contributed by atoms with Crippen molar-refractivity contribution in [2.75, 3.05) is 31.1 Å². The Morgan fingerprint density at radius 3 is 2.32 bits per heavy atom. The molecule has 1 saturated heterocycles. The molecule has 1 fully saturated rings. The molecule has 0 amide bonds. The molecule has 1 atom stereocenters. The van der Waals surface area contributed by atoms with Gasteiger partial charge >= 0.3 is 0 Å². The van der Waals surface area contributed by atoms with Crippen molar-refractivity contribution in [3.05, 3.63) is 58.1 Å². The molecule has 0 radical (unpaired) electrons. The summed E-state index contributed by atoms with van der Waals surface area (Å²) in [6, 6.07) is 7.07. The normalized spacial score (nSPS) is 16.5. The lowest BCUT2D eigenvalue weighted by Gasteiger charge is -2.40. The van der Waals surface area contributed by atoms with Gasteiger partial charge in [-0.05, 0) is 48.9 Å². The topological polar surface area (TPSA) is 83.2 Å². The maximum atomic E-state index is 10.1. The molecule has 0 bridgehead atoms. The number of rotatable bonds is 4. The highest BCUT2D eigenvalue weighted by Gasteiger charge is 2.34. The van der Waals surface area contributed by atoms with Crippen LogP contribution in [0.1, 0.15) is 38.2 Å². The first kappa shape index (κ1) is 21.8. The summed E-state index contributed by atoms with van der Waals surface area (Å²) in [5.41, 5.74) is 1.47. The SMILES string of the molecule is CC(C)(C)n1nnnc1C(c1cccc(O)c1)N1CCN(c2c(Cl)cncc2Cl)CC1. The maximum absolute atomic E-state index is 10.1. The van der Waals surface area contributed by atoms with Crippen molar-refractivity contribution >= 4 is 28.9 Å². The van der Waals surface area contributed by atoms with Crippen LogP contribution >= 0.6 is 23.2 Å². The molecule has 0 saturated carbocycles.